The smallest absolute Gasteiger partial charge is 0.248 e. The summed E-state index contributed by atoms with van der Waals surface area (Å²) in [6.45, 7) is 7.49. The lowest BCUT2D eigenvalue weighted by Gasteiger charge is -2.51. The van der Waals surface area contributed by atoms with Crippen molar-refractivity contribution in [2.24, 2.45) is 0 Å². The van der Waals surface area contributed by atoms with E-state index in [0.29, 0.717) is 58.3 Å². The van der Waals surface area contributed by atoms with Crippen molar-refractivity contribution in [3.05, 3.63) is 34.9 Å². The molecule has 0 radical (unpaired) electrons. The molecule has 0 atom stereocenters. The molecule has 0 N–H and O–H groups in total. The average Bonchev–Trinajstić information content (AvgIpc) is 2.73. The van der Waals surface area contributed by atoms with E-state index in [1.54, 1.807) is 0 Å². The van der Waals surface area contributed by atoms with Crippen molar-refractivity contribution < 1.29 is 22.0 Å². The predicted octanol–water partition coefficient (Wildman–Crippen LogP) is 4.99. The Hall–Kier alpha value is -1.09. The largest absolute Gasteiger partial charge is 0.295 e. The lowest BCUT2D eigenvalue weighted by Crippen LogP contribution is -2.60. The van der Waals surface area contributed by atoms with Crippen LogP contribution in [0.5, 0.6) is 0 Å². The highest BCUT2D eigenvalue weighted by Gasteiger charge is 2.47. The molecule has 188 valence electrons. The second-order valence-corrected chi connectivity index (χ2v) is 11.6. The number of rotatable bonds is 8. The third-order valence-corrected chi connectivity index (χ3v) is 9.33. The van der Waals surface area contributed by atoms with Gasteiger partial charge in [0.05, 0.1) is 5.75 Å². The molecule has 1 heterocycles. The summed E-state index contributed by atoms with van der Waals surface area (Å²) in [6, 6.07) is 5.78. The molecule has 0 spiro atoms. The van der Waals surface area contributed by atoms with Crippen molar-refractivity contribution in [1.82, 2.24) is 9.21 Å². The number of nitrogens with zero attached hydrogens (tertiary/aromatic N) is 2. The molecule has 2 aliphatic rings. The quantitative estimate of drug-likeness (QED) is 0.466. The number of aryl methyl sites for hydroxylation is 2. The number of piperazine rings is 1. The topological polar surface area (TPSA) is 57.7 Å². The molecule has 9 heteroatoms. The lowest BCUT2D eigenvalue weighted by molar-refractivity contribution is -0.0891. The molecular formula is C24H37ClF2N2O3S. The fourth-order valence-electron chi connectivity index (χ4n) is 5.36. The molecule has 1 aromatic rings. The standard InChI is InChI=1S/C24H36F2N2O3S.ClH/c1-4-18-32(30,31)28-16-14-27(15-17-28)23(10-12-24(25,26)13-11-23)9-8-21(29)22-19(2)6-5-7-20(22)3;/h5-7H,4,8-18H2,1-3H3;1H. The predicted molar refractivity (Wildman–Crippen MR) is 130 cm³/mol. The van der Waals surface area contributed by atoms with Gasteiger partial charge in [-0.25, -0.2) is 17.2 Å². The highest BCUT2D eigenvalue weighted by molar-refractivity contribution is 7.89. The maximum atomic E-state index is 14.0. The molecule has 1 aromatic carbocycles. The van der Waals surface area contributed by atoms with E-state index in [9.17, 15) is 22.0 Å². The van der Waals surface area contributed by atoms with Crippen molar-refractivity contribution in [2.45, 2.75) is 77.2 Å². The fourth-order valence-corrected chi connectivity index (χ4v) is 6.85. The number of carbonyl (C=O) groups is 1. The highest BCUT2D eigenvalue weighted by atomic mass is 35.5. The van der Waals surface area contributed by atoms with Crippen LogP contribution < -0.4 is 0 Å². The average molecular weight is 507 g/mol. The van der Waals surface area contributed by atoms with Crippen LogP contribution in [0.4, 0.5) is 8.78 Å². The zero-order valence-electron chi connectivity index (χ0n) is 19.9. The molecule has 0 unspecified atom stereocenters. The van der Waals surface area contributed by atoms with Gasteiger partial charge in [0.15, 0.2) is 5.78 Å². The van der Waals surface area contributed by atoms with E-state index in [1.165, 1.54) is 4.31 Å². The zero-order chi connectivity index (χ0) is 23.6. The van der Waals surface area contributed by atoms with E-state index in [1.807, 2.05) is 39.0 Å². The van der Waals surface area contributed by atoms with Gasteiger partial charge in [-0.2, -0.15) is 4.31 Å². The minimum atomic E-state index is -3.26. The molecule has 1 saturated heterocycles. The van der Waals surface area contributed by atoms with Crippen molar-refractivity contribution in [1.29, 1.82) is 0 Å². The number of Topliss-reactive ketones (excluding diaryl/α,β-unsaturated/α-hetero) is 1. The van der Waals surface area contributed by atoms with Crippen molar-refractivity contribution in [3.63, 3.8) is 0 Å². The van der Waals surface area contributed by atoms with Crippen LogP contribution in [-0.4, -0.2) is 66.8 Å². The first-order chi connectivity index (χ1) is 15.0. The van der Waals surface area contributed by atoms with Gasteiger partial charge in [0.2, 0.25) is 15.9 Å². The molecule has 1 aliphatic heterocycles. The molecule has 0 amide bonds. The Morgan fingerprint density at radius 1 is 1.00 bits per heavy atom. The second-order valence-electron chi connectivity index (χ2n) is 9.47. The maximum absolute atomic E-state index is 14.0. The molecule has 5 nitrogen and oxygen atoms in total. The van der Waals surface area contributed by atoms with Crippen LogP contribution in [0, 0.1) is 13.8 Å². The molecule has 0 bridgehead atoms. The van der Waals surface area contributed by atoms with Crippen LogP contribution in [0.3, 0.4) is 0 Å². The van der Waals surface area contributed by atoms with Crippen LogP contribution >= 0.6 is 12.4 Å². The summed E-state index contributed by atoms with van der Waals surface area (Å²) >= 11 is 0. The summed E-state index contributed by atoms with van der Waals surface area (Å²) in [7, 11) is -3.26. The minimum absolute atomic E-state index is 0. The molecular weight excluding hydrogens is 470 g/mol. The van der Waals surface area contributed by atoms with Gasteiger partial charge in [-0.1, -0.05) is 25.1 Å². The van der Waals surface area contributed by atoms with E-state index in [-0.39, 0.29) is 36.8 Å². The number of carbonyl (C=O) groups excluding carboxylic acids is 1. The van der Waals surface area contributed by atoms with E-state index in [4.69, 9.17) is 0 Å². The Morgan fingerprint density at radius 2 is 1.55 bits per heavy atom. The first kappa shape index (κ1) is 28.1. The normalized spacial score (nSPS) is 21.4. The number of ketones is 1. The first-order valence-corrected chi connectivity index (χ1v) is 13.3. The Morgan fingerprint density at radius 3 is 2.06 bits per heavy atom. The van der Waals surface area contributed by atoms with Gasteiger partial charge >= 0.3 is 0 Å². The number of alkyl halides is 2. The first-order valence-electron chi connectivity index (χ1n) is 11.7. The van der Waals surface area contributed by atoms with Gasteiger partial charge in [-0.05, 0) is 50.7 Å². The van der Waals surface area contributed by atoms with Crippen molar-refractivity contribution >= 4 is 28.2 Å². The molecule has 0 aromatic heterocycles. The summed E-state index contributed by atoms with van der Waals surface area (Å²) in [5.74, 6) is -2.47. The lowest BCUT2D eigenvalue weighted by atomic mass is 9.74. The number of hydrogen-bond donors (Lipinski definition) is 0. The molecule has 1 saturated carbocycles. The Balaban J connectivity index is 0.00000385. The Labute approximate surface area is 203 Å². The van der Waals surface area contributed by atoms with Crippen LogP contribution in [0.15, 0.2) is 18.2 Å². The number of halogens is 3. The summed E-state index contributed by atoms with van der Waals surface area (Å²) in [5, 5.41) is 0. The SMILES string of the molecule is CCCS(=O)(=O)N1CCN(C2(CCC(=O)c3c(C)cccc3C)CCC(F)(F)CC2)CC1.Cl. The summed E-state index contributed by atoms with van der Waals surface area (Å²) < 4.78 is 54.4. The van der Waals surface area contributed by atoms with E-state index in [2.05, 4.69) is 4.90 Å². The van der Waals surface area contributed by atoms with Gasteiger partial charge in [-0.3, -0.25) is 9.69 Å². The maximum Gasteiger partial charge on any atom is 0.248 e. The van der Waals surface area contributed by atoms with E-state index in [0.717, 1.165) is 16.7 Å². The fraction of sp³-hybridized carbons (Fsp3) is 0.708. The van der Waals surface area contributed by atoms with Gasteiger partial charge in [0.25, 0.3) is 0 Å². The van der Waals surface area contributed by atoms with Crippen molar-refractivity contribution in [3.8, 4) is 0 Å². The van der Waals surface area contributed by atoms with E-state index < -0.39 is 21.5 Å². The van der Waals surface area contributed by atoms with Crippen LogP contribution in [0.1, 0.15) is 73.4 Å². The van der Waals surface area contributed by atoms with Crippen LogP contribution in [0.25, 0.3) is 0 Å². The monoisotopic (exact) mass is 506 g/mol. The van der Waals surface area contributed by atoms with E-state index >= 15 is 0 Å². The molecule has 2 fully saturated rings. The zero-order valence-corrected chi connectivity index (χ0v) is 21.5. The number of sulfonamides is 1. The van der Waals surface area contributed by atoms with Gasteiger partial charge in [0.1, 0.15) is 0 Å². The summed E-state index contributed by atoms with van der Waals surface area (Å²) in [4.78, 5) is 15.3. The molecule has 1 aliphatic carbocycles. The minimum Gasteiger partial charge on any atom is -0.295 e. The number of benzene rings is 1. The molecule has 33 heavy (non-hydrogen) atoms. The van der Waals surface area contributed by atoms with Gasteiger partial charge in [0, 0.05) is 56.5 Å². The Bertz CT molecular complexity index is 901. The summed E-state index contributed by atoms with van der Waals surface area (Å²) in [5.41, 5.74) is 2.14. The van der Waals surface area contributed by atoms with Crippen LogP contribution in [0.2, 0.25) is 0 Å². The van der Waals surface area contributed by atoms with Gasteiger partial charge in [-0.15, -0.1) is 12.4 Å². The van der Waals surface area contributed by atoms with Crippen molar-refractivity contribution in [2.75, 3.05) is 31.9 Å². The molecule has 3 rings (SSSR count). The van der Waals surface area contributed by atoms with Gasteiger partial charge < -0.3 is 0 Å². The third-order valence-electron chi connectivity index (χ3n) is 7.25. The third kappa shape index (κ3) is 6.53. The Kier molecular flexibility index (Phi) is 9.47. The second kappa shape index (κ2) is 11.1. The summed E-state index contributed by atoms with van der Waals surface area (Å²) in [6.07, 6.45) is 1.71. The highest BCUT2D eigenvalue weighted by Crippen LogP contribution is 2.44. The number of hydrogen-bond acceptors (Lipinski definition) is 4. The van der Waals surface area contributed by atoms with Crippen LogP contribution in [-0.2, 0) is 10.0 Å².